The van der Waals surface area contributed by atoms with Crippen molar-refractivity contribution >= 4 is 23.0 Å². The van der Waals surface area contributed by atoms with E-state index in [0.29, 0.717) is 19.4 Å². The lowest BCUT2D eigenvalue weighted by atomic mass is 10.0. The smallest absolute Gasteiger partial charge is 0.255 e. The molecule has 1 fully saturated rings. The first-order valence-electron chi connectivity index (χ1n) is 9.44. The second-order valence-electron chi connectivity index (χ2n) is 7.03. The first kappa shape index (κ1) is 20.6. The van der Waals surface area contributed by atoms with Crippen molar-refractivity contribution in [3.05, 3.63) is 58.0 Å². The summed E-state index contributed by atoms with van der Waals surface area (Å²) >= 11 is 1.60. The summed E-state index contributed by atoms with van der Waals surface area (Å²) in [6.45, 7) is 0.428. The predicted molar refractivity (Wildman–Crippen MR) is 104 cm³/mol. The highest BCUT2D eigenvalue weighted by atomic mass is 32.1. The van der Waals surface area contributed by atoms with Crippen molar-refractivity contribution in [2.45, 2.75) is 50.4 Å². The summed E-state index contributed by atoms with van der Waals surface area (Å²) in [7, 11) is 0. The number of nitrogens with zero attached hydrogens (tertiary/aromatic N) is 1. The Morgan fingerprint density at radius 2 is 1.93 bits per heavy atom. The van der Waals surface area contributed by atoms with Gasteiger partial charge in [-0.25, -0.2) is 4.39 Å². The first-order chi connectivity index (χ1) is 13.5. The second kappa shape index (κ2) is 9.41. The van der Waals surface area contributed by atoms with Crippen LogP contribution in [-0.4, -0.2) is 45.6 Å². The molecule has 1 aliphatic heterocycles. The number of halogens is 1. The van der Waals surface area contributed by atoms with Crippen LogP contribution < -0.4 is 0 Å². The number of ketones is 1. The molecule has 0 unspecified atom stereocenters. The van der Waals surface area contributed by atoms with Crippen molar-refractivity contribution < 1.29 is 24.2 Å². The normalized spacial score (nSPS) is 18.8. The molecule has 1 amide bonds. The van der Waals surface area contributed by atoms with Crippen LogP contribution >= 0.6 is 11.3 Å². The lowest BCUT2D eigenvalue weighted by molar-refractivity contribution is -0.153. The summed E-state index contributed by atoms with van der Waals surface area (Å²) in [4.78, 5) is 27.5. The molecule has 0 spiro atoms. The van der Waals surface area contributed by atoms with Gasteiger partial charge in [-0.05, 0) is 54.8 Å². The highest BCUT2D eigenvalue weighted by Gasteiger charge is 2.38. The van der Waals surface area contributed by atoms with Crippen LogP contribution in [0.5, 0.6) is 0 Å². The zero-order chi connectivity index (χ0) is 20.1. The summed E-state index contributed by atoms with van der Waals surface area (Å²) in [5.41, 5.74) is 0.774. The van der Waals surface area contributed by atoms with Crippen molar-refractivity contribution in [2.75, 3.05) is 6.54 Å². The van der Waals surface area contributed by atoms with Crippen LogP contribution in [0.25, 0.3) is 0 Å². The van der Waals surface area contributed by atoms with Crippen molar-refractivity contribution in [2.24, 2.45) is 0 Å². The van der Waals surface area contributed by atoms with E-state index in [-0.39, 0.29) is 18.3 Å². The Hall–Kier alpha value is -2.09. The van der Waals surface area contributed by atoms with Crippen LogP contribution in [0.2, 0.25) is 0 Å². The van der Waals surface area contributed by atoms with E-state index in [1.807, 2.05) is 17.5 Å². The maximum Gasteiger partial charge on any atom is 0.255 e. The Morgan fingerprint density at radius 3 is 2.61 bits per heavy atom. The largest absolute Gasteiger partial charge is 0.382 e. The van der Waals surface area contributed by atoms with Gasteiger partial charge < -0.3 is 15.1 Å². The average molecular weight is 405 g/mol. The van der Waals surface area contributed by atoms with Crippen LogP contribution in [0.15, 0.2) is 41.8 Å². The molecule has 3 rings (SSSR count). The minimum Gasteiger partial charge on any atom is -0.382 e. The Balaban J connectivity index is 1.57. The number of aliphatic hydroxyl groups excluding tert-OH is 2. The Bertz CT molecular complexity index is 793. The van der Waals surface area contributed by atoms with Crippen molar-refractivity contribution in [1.82, 2.24) is 4.90 Å². The van der Waals surface area contributed by atoms with Crippen LogP contribution in [-0.2, 0) is 16.0 Å². The number of Topliss-reactive ketones (excluding diaryl/α,β-unsaturated/α-hetero) is 1. The third kappa shape index (κ3) is 4.84. The molecule has 3 atom stereocenters. The molecule has 7 heteroatoms. The number of carbonyl (C=O) groups excluding carboxylic acids is 2. The molecular weight excluding hydrogens is 381 g/mol. The molecule has 150 valence electrons. The van der Waals surface area contributed by atoms with E-state index in [1.54, 1.807) is 23.5 Å². The van der Waals surface area contributed by atoms with Crippen molar-refractivity contribution in [3.63, 3.8) is 0 Å². The Labute approximate surface area is 167 Å². The zero-order valence-electron chi connectivity index (χ0n) is 15.5. The highest BCUT2D eigenvalue weighted by molar-refractivity contribution is 7.09. The molecule has 28 heavy (non-hydrogen) atoms. The number of aliphatic hydroxyl groups is 2. The van der Waals surface area contributed by atoms with E-state index in [2.05, 4.69) is 0 Å². The first-order valence-corrected chi connectivity index (χ1v) is 10.3. The molecule has 2 heterocycles. The van der Waals surface area contributed by atoms with E-state index in [0.717, 1.165) is 23.3 Å². The van der Waals surface area contributed by atoms with Crippen LogP contribution in [0.3, 0.4) is 0 Å². The summed E-state index contributed by atoms with van der Waals surface area (Å²) in [6, 6.07) is 9.52. The van der Waals surface area contributed by atoms with Crippen molar-refractivity contribution in [1.29, 1.82) is 0 Å². The van der Waals surface area contributed by atoms with Gasteiger partial charge in [-0.1, -0.05) is 18.2 Å². The van der Waals surface area contributed by atoms with Crippen LogP contribution in [0.4, 0.5) is 4.39 Å². The average Bonchev–Trinajstić information content (AvgIpc) is 3.38. The molecular formula is C21H24FNO4S. The number of carbonyl (C=O) groups is 2. The third-order valence-corrected chi connectivity index (χ3v) is 6.04. The fourth-order valence-corrected chi connectivity index (χ4v) is 4.33. The van der Waals surface area contributed by atoms with E-state index in [4.69, 9.17) is 0 Å². The van der Waals surface area contributed by atoms with E-state index < -0.39 is 23.9 Å². The lowest BCUT2D eigenvalue weighted by Gasteiger charge is -2.28. The second-order valence-corrected chi connectivity index (χ2v) is 8.06. The monoisotopic (exact) mass is 405 g/mol. The molecule has 5 nitrogen and oxygen atoms in total. The summed E-state index contributed by atoms with van der Waals surface area (Å²) in [5, 5.41) is 22.4. The minimum atomic E-state index is -1.78. The molecule has 1 saturated heterocycles. The summed E-state index contributed by atoms with van der Waals surface area (Å²) < 4.78 is 13.2. The molecule has 0 bridgehead atoms. The molecule has 1 aromatic heterocycles. The van der Waals surface area contributed by atoms with Gasteiger partial charge in [-0.3, -0.25) is 9.59 Å². The number of rotatable bonds is 8. The minimum absolute atomic E-state index is 0.102. The number of amides is 1. The zero-order valence-corrected chi connectivity index (χ0v) is 16.3. The van der Waals surface area contributed by atoms with Gasteiger partial charge in [0, 0.05) is 17.8 Å². The van der Waals surface area contributed by atoms with Gasteiger partial charge in [0.15, 0.2) is 11.9 Å². The predicted octanol–water partition coefficient (Wildman–Crippen LogP) is 2.86. The summed E-state index contributed by atoms with van der Waals surface area (Å²) in [5.74, 6) is -1.55. The maximum absolute atomic E-state index is 13.2. The quantitative estimate of drug-likeness (QED) is 0.708. The maximum atomic E-state index is 13.2. The number of aryl methyl sites for hydroxylation is 1. The molecule has 0 radical (unpaired) electrons. The lowest BCUT2D eigenvalue weighted by Crippen LogP contribution is -2.47. The number of likely N-dealkylation sites (tertiary alicyclic amines) is 1. The van der Waals surface area contributed by atoms with Crippen molar-refractivity contribution in [3.8, 4) is 0 Å². The molecule has 2 aromatic rings. The fourth-order valence-electron chi connectivity index (χ4n) is 3.58. The molecule has 0 aliphatic carbocycles. The molecule has 1 aliphatic rings. The van der Waals surface area contributed by atoms with Gasteiger partial charge in [0.2, 0.25) is 0 Å². The number of benzene rings is 1. The Kier molecular flexibility index (Phi) is 6.93. The van der Waals surface area contributed by atoms with E-state index in [1.165, 1.54) is 17.0 Å². The fraction of sp³-hybridized carbons (Fsp3) is 0.429. The number of hydrogen-bond acceptors (Lipinski definition) is 5. The molecule has 1 aromatic carbocycles. The summed E-state index contributed by atoms with van der Waals surface area (Å²) in [6.07, 6.45) is -0.705. The molecule has 2 N–H and O–H groups in total. The van der Waals surface area contributed by atoms with E-state index in [9.17, 15) is 24.2 Å². The van der Waals surface area contributed by atoms with Gasteiger partial charge >= 0.3 is 0 Å². The van der Waals surface area contributed by atoms with Crippen LogP contribution in [0, 0.1) is 5.82 Å². The molecule has 0 saturated carbocycles. The van der Waals surface area contributed by atoms with Gasteiger partial charge in [0.25, 0.3) is 5.91 Å². The van der Waals surface area contributed by atoms with Gasteiger partial charge in [0.1, 0.15) is 11.9 Å². The topological polar surface area (TPSA) is 77.8 Å². The number of thiophene rings is 1. The third-order valence-electron chi connectivity index (χ3n) is 5.10. The number of hydrogen-bond donors (Lipinski definition) is 2. The SMILES string of the molecule is O=C(CCCc1cccs1)[C@H](O)[C@@H](O)C(=O)N1CCC[C@@H]1c1ccc(F)cc1. The van der Waals surface area contributed by atoms with Gasteiger partial charge in [-0.15, -0.1) is 11.3 Å². The van der Waals surface area contributed by atoms with E-state index >= 15 is 0 Å². The highest BCUT2D eigenvalue weighted by Crippen LogP contribution is 2.32. The van der Waals surface area contributed by atoms with Crippen LogP contribution in [0.1, 0.15) is 42.2 Å². The van der Waals surface area contributed by atoms with Gasteiger partial charge in [0.05, 0.1) is 6.04 Å². The van der Waals surface area contributed by atoms with Gasteiger partial charge in [-0.2, -0.15) is 0 Å². The Morgan fingerprint density at radius 1 is 1.18 bits per heavy atom. The standard InChI is InChI=1S/C21H24FNO4S/c22-15-10-8-14(9-11-15)17-6-2-12-23(17)21(27)20(26)19(25)18(24)7-1-4-16-5-3-13-28-16/h3,5,8-11,13,17,19-20,25-26H,1-2,4,6-7,12H2/t17-,19+,20-/m1/s1.